The monoisotopic (exact) mass is 410 g/mol. The molecule has 8 heteroatoms. The van der Waals surface area contributed by atoms with E-state index in [-0.39, 0.29) is 11.5 Å². The Morgan fingerprint density at radius 3 is 2.37 bits per heavy atom. The van der Waals surface area contributed by atoms with Crippen molar-refractivity contribution in [2.75, 3.05) is 38.2 Å². The van der Waals surface area contributed by atoms with E-state index in [0.29, 0.717) is 37.7 Å². The molecule has 1 aliphatic heterocycles. The van der Waals surface area contributed by atoms with Crippen molar-refractivity contribution in [1.82, 2.24) is 15.1 Å². The van der Waals surface area contributed by atoms with Crippen LogP contribution in [0.3, 0.4) is 0 Å². The third kappa shape index (κ3) is 3.94. The van der Waals surface area contributed by atoms with Gasteiger partial charge in [0.2, 0.25) is 0 Å². The largest absolute Gasteiger partial charge is 0.496 e. The summed E-state index contributed by atoms with van der Waals surface area (Å²) < 4.78 is 31.9. The number of aromatic nitrogens is 2. The molecule has 6 nitrogen and oxygen atoms in total. The average molecular weight is 410 g/mol. The second-order valence-electron chi connectivity index (χ2n) is 6.89. The van der Waals surface area contributed by atoms with Crippen molar-refractivity contribution in [2.24, 2.45) is 0 Å². The summed E-state index contributed by atoms with van der Waals surface area (Å²) in [5, 5.41) is 8.65. The van der Waals surface area contributed by atoms with Crippen LogP contribution in [0.4, 0.5) is 14.6 Å². The third-order valence-electron chi connectivity index (χ3n) is 5.09. The first-order chi connectivity index (χ1) is 14.6. The number of nitrogens with zero attached hydrogens (tertiary/aromatic N) is 4. The fourth-order valence-electron chi connectivity index (χ4n) is 3.44. The summed E-state index contributed by atoms with van der Waals surface area (Å²) in [6.45, 7) is 2.04. The van der Waals surface area contributed by atoms with Gasteiger partial charge in [0.1, 0.15) is 5.75 Å². The average Bonchev–Trinajstić information content (AvgIpc) is 2.80. The minimum Gasteiger partial charge on any atom is -0.496 e. The predicted molar refractivity (Wildman–Crippen MR) is 108 cm³/mol. The number of para-hydroxylation sites is 1. The first kappa shape index (κ1) is 19.8. The van der Waals surface area contributed by atoms with E-state index >= 15 is 0 Å². The minimum atomic E-state index is -1.02. The first-order valence-corrected chi connectivity index (χ1v) is 9.53. The summed E-state index contributed by atoms with van der Waals surface area (Å²) in [4.78, 5) is 16.2. The molecule has 0 unspecified atom stereocenters. The molecule has 3 aromatic rings. The summed E-state index contributed by atoms with van der Waals surface area (Å²) in [6.07, 6.45) is 0. The van der Waals surface area contributed by atoms with Crippen LogP contribution in [0.15, 0.2) is 54.6 Å². The van der Waals surface area contributed by atoms with Crippen molar-refractivity contribution in [3.63, 3.8) is 0 Å². The van der Waals surface area contributed by atoms with Crippen molar-refractivity contribution >= 4 is 11.7 Å². The number of piperazine rings is 1. The Bertz CT molecular complexity index is 1050. The molecule has 0 aliphatic carbocycles. The highest BCUT2D eigenvalue weighted by atomic mass is 19.2. The Balaban J connectivity index is 1.41. The number of hydrogen-bond donors (Lipinski definition) is 0. The first-order valence-electron chi connectivity index (χ1n) is 9.53. The van der Waals surface area contributed by atoms with E-state index in [9.17, 15) is 13.6 Å². The molecular formula is C22H20F2N4O2. The zero-order chi connectivity index (χ0) is 21.1. The zero-order valence-corrected chi connectivity index (χ0v) is 16.4. The molecule has 0 bridgehead atoms. The van der Waals surface area contributed by atoms with Gasteiger partial charge in [0.25, 0.3) is 5.91 Å². The van der Waals surface area contributed by atoms with Gasteiger partial charge >= 0.3 is 0 Å². The van der Waals surface area contributed by atoms with Crippen molar-refractivity contribution in [3.05, 3.63) is 71.8 Å². The molecule has 154 valence electrons. The van der Waals surface area contributed by atoms with Crippen molar-refractivity contribution in [3.8, 4) is 17.0 Å². The molecule has 0 N–H and O–H groups in total. The molecule has 0 saturated carbocycles. The highest BCUT2D eigenvalue weighted by molar-refractivity contribution is 5.94. The van der Waals surface area contributed by atoms with Crippen molar-refractivity contribution in [1.29, 1.82) is 0 Å². The minimum absolute atomic E-state index is 0.142. The number of hydrogen-bond acceptors (Lipinski definition) is 5. The third-order valence-corrected chi connectivity index (χ3v) is 5.09. The molecular weight excluding hydrogens is 390 g/mol. The zero-order valence-electron chi connectivity index (χ0n) is 16.4. The number of ether oxygens (including phenoxy) is 1. The van der Waals surface area contributed by atoms with Gasteiger partial charge in [-0.3, -0.25) is 4.79 Å². The Hall–Kier alpha value is -3.55. The SMILES string of the molecule is COc1ccccc1-c1ccc(N2CCN(C(=O)c3ccc(F)c(F)c3)CC2)nn1. The number of halogens is 2. The van der Waals surface area contributed by atoms with Crippen LogP contribution < -0.4 is 9.64 Å². The molecule has 1 fully saturated rings. The number of benzene rings is 2. The van der Waals surface area contributed by atoms with Crippen LogP contribution >= 0.6 is 0 Å². The van der Waals surface area contributed by atoms with Crippen LogP contribution in [0.1, 0.15) is 10.4 Å². The molecule has 1 saturated heterocycles. The summed E-state index contributed by atoms with van der Waals surface area (Å²) in [5.74, 6) is -0.861. The Morgan fingerprint density at radius 1 is 0.933 bits per heavy atom. The molecule has 0 spiro atoms. The van der Waals surface area contributed by atoms with Crippen LogP contribution in [0.2, 0.25) is 0 Å². The summed E-state index contributed by atoms with van der Waals surface area (Å²) in [5.41, 5.74) is 1.72. The lowest BCUT2D eigenvalue weighted by molar-refractivity contribution is 0.0746. The molecule has 0 atom stereocenters. The number of anilines is 1. The van der Waals surface area contributed by atoms with Crippen molar-refractivity contribution in [2.45, 2.75) is 0 Å². The molecule has 0 radical (unpaired) electrons. The van der Waals surface area contributed by atoms with Gasteiger partial charge in [-0.05, 0) is 42.5 Å². The van der Waals surface area contributed by atoms with Gasteiger partial charge in [0, 0.05) is 37.3 Å². The van der Waals surface area contributed by atoms with Gasteiger partial charge in [-0.15, -0.1) is 10.2 Å². The van der Waals surface area contributed by atoms with E-state index in [1.54, 1.807) is 12.0 Å². The maximum atomic E-state index is 13.4. The van der Waals surface area contributed by atoms with E-state index in [1.165, 1.54) is 6.07 Å². The van der Waals surface area contributed by atoms with Gasteiger partial charge in [0.15, 0.2) is 17.5 Å². The van der Waals surface area contributed by atoms with Crippen molar-refractivity contribution < 1.29 is 18.3 Å². The topological polar surface area (TPSA) is 58.6 Å². The molecule has 1 aromatic heterocycles. The number of rotatable bonds is 4. The fourth-order valence-corrected chi connectivity index (χ4v) is 3.44. The van der Waals surface area contributed by atoms with E-state index in [1.807, 2.05) is 41.3 Å². The molecule has 30 heavy (non-hydrogen) atoms. The smallest absolute Gasteiger partial charge is 0.254 e. The van der Waals surface area contributed by atoms with Crippen LogP contribution in [-0.4, -0.2) is 54.3 Å². The summed E-state index contributed by atoms with van der Waals surface area (Å²) in [7, 11) is 1.61. The lowest BCUT2D eigenvalue weighted by Gasteiger charge is -2.35. The van der Waals surface area contributed by atoms with Gasteiger partial charge < -0.3 is 14.5 Å². The van der Waals surface area contributed by atoms with Gasteiger partial charge in [-0.25, -0.2) is 8.78 Å². The van der Waals surface area contributed by atoms with Gasteiger partial charge in [-0.1, -0.05) is 12.1 Å². The highest BCUT2D eigenvalue weighted by Gasteiger charge is 2.24. The molecule has 4 rings (SSSR count). The highest BCUT2D eigenvalue weighted by Crippen LogP contribution is 2.28. The van der Waals surface area contributed by atoms with Crippen LogP contribution in [0.25, 0.3) is 11.3 Å². The van der Waals surface area contributed by atoms with Crippen LogP contribution in [0, 0.1) is 11.6 Å². The number of amides is 1. The van der Waals surface area contributed by atoms with E-state index in [0.717, 1.165) is 23.4 Å². The number of carbonyl (C=O) groups excluding carboxylic acids is 1. The quantitative estimate of drug-likeness (QED) is 0.660. The Morgan fingerprint density at radius 2 is 1.70 bits per heavy atom. The van der Waals surface area contributed by atoms with E-state index < -0.39 is 11.6 Å². The summed E-state index contributed by atoms with van der Waals surface area (Å²) in [6, 6.07) is 14.6. The normalized spacial score (nSPS) is 14.0. The number of carbonyl (C=O) groups is 1. The summed E-state index contributed by atoms with van der Waals surface area (Å²) >= 11 is 0. The molecule has 2 aromatic carbocycles. The Labute approximate surface area is 172 Å². The lowest BCUT2D eigenvalue weighted by atomic mass is 10.1. The number of methoxy groups -OCH3 is 1. The van der Waals surface area contributed by atoms with Gasteiger partial charge in [-0.2, -0.15) is 0 Å². The van der Waals surface area contributed by atoms with Gasteiger partial charge in [0.05, 0.1) is 12.8 Å². The molecule has 1 amide bonds. The lowest BCUT2D eigenvalue weighted by Crippen LogP contribution is -2.49. The maximum Gasteiger partial charge on any atom is 0.254 e. The van der Waals surface area contributed by atoms with E-state index in [2.05, 4.69) is 10.2 Å². The van der Waals surface area contributed by atoms with E-state index in [4.69, 9.17) is 4.74 Å². The fraction of sp³-hybridized carbons (Fsp3) is 0.227. The predicted octanol–water partition coefficient (Wildman–Crippen LogP) is 3.39. The Kier molecular flexibility index (Phi) is 5.56. The van der Waals surface area contributed by atoms with Crippen LogP contribution in [0.5, 0.6) is 5.75 Å². The molecule has 1 aliphatic rings. The maximum absolute atomic E-state index is 13.4. The van der Waals surface area contributed by atoms with Crippen LogP contribution in [-0.2, 0) is 0 Å². The second kappa shape index (κ2) is 8.44. The standard InChI is InChI=1S/C22H20F2N4O2/c1-30-20-5-3-2-4-16(20)19-8-9-21(26-25-19)27-10-12-28(13-11-27)22(29)15-6-7-17(23)18(24)14-15/h2-9,14H,10-13H2,1H3. The molecule has 2 heterocycles. The second-order valence-corrected chi connectivity index (χ2v) is 6.89.